The van der Waals surface area contributed by atoms with Gasteiger partial charge in [0.15, 0.2) is 0 Å². The summed E-state index contributed by atoms with van der Waals surface area (Å²) in [4.78, 5) is 4.01. The third-order valence-corrected chi connectivity index (χ3v) is 3.65. The van der Waals surface area contributed by atoms with Gasteiger partial charge in [-0.1, -0.05) is 6.92 Å². The zero-order valence-corrected chi connectivity index (χ0v) is 10.3. The van der Waals surface area contributed by atoms with E-state index in [1.54, 1.807) is 6.20 Å². The van der Waals surface area contributed by atoms with Crippen LogP contribution in [0.15, 0.2) is 18.3 Å². The molecule has 0 spiro atoms. The first kappa shape index (κ1) is 12.2. The van der Waals surface area contributed by atoms with E-state index >= 15 is 0 Å². The van der Waals surface area contributed by atoms with Crippen molar-refractivity contribution < 1.29 is 5.11 Å². The molecule has 1 aliphatic rings. The van der Waals surface area contributed by atoms with Crippen molar-refractivity contribution in [3.05, 3.63) is 18.3 Å². The Labute approximate surface area is 102 Å². The minimum atomic E-state index is -0.589. The summed E-state index contributed by atoms with van der Waals surface area (Å²) < 4.78 is 0. The van der Waals surface area contributed by atoms with Crippen molar-refractivity contribution in [2.24, 2.45) is 5.92 Å². The van der Waals surface area contributed by atoms with Crippen LogP contribution in [0.2, 0.25) is 0 Å². The highest BCUT2D eigenvalue weighted by atomic mass is 16.3. The van der Waals surface area contributed by atoms with Crippen LogP contribution in [0.25, 0.3) is 0 Å². The van der Waals surface area contributed by atoms with Crippen molar-refractivity contribution in [2.45, 2.75) is 38.2 Å². The number of nitrogen functional groups attached to an aromatic ring is 1. The van der Waals surface area contributed by atoms with Gasteiger partial charge in [0.25, 0.3) is 0 Å². The number of nitrogens with two attached hydrogens (primary N) is 1. The van der Waals surface area contributed by atoms with E-state index in [-0.39, 0.29) is 0 Å². The number of rotatable bonds is 3. The average Bonchev–Trinajstić information content (AvgIpc) is 2.33. The van der Waals surface area contributed by atoms with Gasteiger partial charge in [-0.05, 0) is 43.7 Å². The number of nitrogens with one attached hydrogen (secondary N) is 1. The van der Waals surface area contributed by atoms with Crippen LogP contribution < -0.4 is 11.1 Å². The number of aliphatic hydroxyl groups is 1. The lowest BCUT2D eigenvalue weighted by molar-refractivity contribution is 0.00502. The second-order valence-corrected chi connectivity index (χ2v) is 5.20. The van der Waals surface area contributed by atoms with E-state index in [1.165, 1.54) is 0 Å². The van der Waals surface area contributed by atoms with Crippen molar-refractivity contribution >= 4 is 11.5 Å². The van der Waals surface area contributed by atoms with E-state index in [4.69, 9.17) is 5.73 Å². The number of pyridine rings is 1. The first-order valence-electron chi connectivity index (χ1n) is 6.26. The Morgan fingerprint density at radius 3 is 2.88 bits per heavy atom. The maximum absolute atomic E-state index is 10.4. The van der Waals surface area contributed by atoms with E-state index in [1.807, 2.05) is 12.1 Å². The maximum Gasteiger partial charge on any atom is 0.146 e. The van der Waals surface area contributed by atoms with Gasteiger partial charge in [-0.25, -0.2) is 4.98 Å². The minimum Gasteiger partial charge on any atom is -0.388 e. The van der Waals surface area contributed by atoms with Gasteiger partial charge in [0.2, 0.25) is 0 Å². The van der Waals surface area contributed by atoms with Gasteiger partial charge in [-0.3, -0.25) is 0 Å². The first-order chi connectivity index (χ1) is 8.09. The smallest absolute Gasteiger partial charge is 0.146 e. The number of aromatic nitrogens is 1. The van der Waals surface area contributed by atoms with E-state index in [0.29, 0.717) is 12.4 Å². The highest BCUT2D eigenvalue weighted by Gasteiger charge is 2.31. The molecule has 1 aliphatic carbocycles. The summed E-state index contributed by atoms with van der Waals surface area (Å²) in [7, 11) is 0. The molecule has 0 radical (unpaired) electrons. The molecule has 1 saturated carbocycles. The summed E-state index contributed by atoms with van der Waals surface area (Å²) in [5.74, 6) is 1.22. The molecule has 1 heterocycles. The number of anilines is 2. The van der Waals surface area contributed by atoms with E-state index in [0.717, 1.165) is 37.3 Å². The van der Waals surface area contributed by atoms with E-state index in [9.17, 15) is 5.11 Å². The van der Waals surface area contributed by atoms with Crippen molar-refractivity contribution in [1.29, 1.82) is 0 Å². The largest absolute Gasteiger partial charge is 0.388 e. The average molecular weight is 235 g/mol. The molecular formula is C13H21N3O. The second-order valence-electron chi connectivity index (χ2n) is 5.20. The lowest BCUT2D eigenvalue weighted by Gasteiger charge is -2.35. The third kappa shape index (κ3) is 3.09. The second kappa shape index (κ2) is 4.92. The summed E-state index contributed by atoms with van der Waals surface area (Å²) >= 11 is 0. The van der Waals surface area contributed by atoms with Crippen LogP contribution in [-0.2, 0) is 0 Å². The van der Waals surface area contributed by atoms with Crippen LogP contribution in [0.4, 0.5) is 11.5 Å². The molecule has 0 atom stereocenters. The third-order valence-electron chi connectivity index (χ3n) is 3.65. The van der Waals surface area contributed by atoms with Crippen molar-refractivity contribution in [3.63, 3.8) is 0 Å². The van der Waals surface area contributed by atoms with Crippen LogP contribution in [0.1, 0.15) is 32.6 Å². The molecule has 0 bridgehead atoms. The fourth-order valence-corrected chi connectivity index (χ4v) is 2.30. The number of hydrogen-bond acceptors (Lipinski definition) is 4. The molecule has 0 aromatic carbocycles. The van der Waals surface area contributed by atoms with Crippen LogP contribution in [0.3, 0.4) is 0 Å². The molecule has 17 heavy (non-hydrogen) atoms. The molecule has 1 fully saturated rings. The van der Waals surface area contributed by atoms with E-state index < -0.39 is 5.60 Å². The van der Waals surface area contributed by atoms with Crippen molar-refractivity contribution in [3.8, 4) is 0 Å². The quantitative estimate of drug-likeness (QED) is 0.749. The number of nitrogens with zero attached hydrogens (tertiary/aromatic N) is 1. The fraction of sp³-hybridized carbons (Fsp3) is 0.615. The lowest BCUT2D eigenvalue weighted by Crippen LogP contribution is -2.40. The fourth-order valence-electron chi connectivity index (χ4n) is 2.30. The molecule has 0 saturated heterocycles. The summed E-state index contributed by atoms with van der Waals surface area (Å²) in [6, 6.07) is 3.73. The molecule has 4 nitrogen and oxygen atoms in total. The Kier molecular flexibility index (Phi) is 3.52. The minimum absolute atomic E-state index is 0.486. The zero-order valence-electron chi connectivity index (χ0n) is 10.3. The summed E-state index contributed by atoms with van der Waals surface area (Å²) in [5, 5.41) is 13.6. The predicted octanol–water partition coefficient (Wildman–Crippen LogP) is 2.02. The maximum atomic E-state index is 10.4. The standard InChI is InChI=1S/C13H21N3O/c1-10-4-6-13(17,7-5-10)9-16-11-3-2-8-15-12(11)14/h2-3,8,10,16-17H,4-7,9H2,1H3,(H2,14,15). The molecule has 2 rings (SSSR count). The summed E-state index contributed by atoms with van der Waals surface area (Å²) in [5.41, 5.74) is 5.96. The monoisotopic (exact) mass is 235 g/mol. The Hall–Kier alpha value is -1.29. The molecule has 4 heteroatoms. The molecule has 0 aliphatic heterocycles. The van der Waals surface area contributed by atoms with Crippen LogP contribution in [0.5, 0.6) is 0 Å². The Morgan fingerprint density at radius 2 is 2.24 bits per heavy atom. The van der Waals surface area contributed by atoms with Crippen LogP contribution in [-0.4, -0.2) is 22.2 Å². The highest BCUT2D eigenvalue weighted by molar-refractivity contribution is 5.60. The molecule has 0 amide bonds. The topological polar surface area (TPSA) is 71.2 Å². The molecule has 0 unspecified atom stereocenters. The summed E-state index contributed by atoms with van der Waals surface area (Å²) in [6.07, 6.45) is 5.58. The predicted molar refractivity (Wildman–Crippen MR) is 69.7 cm³/mol. The lowest BCUT2D eigenvalue weighted by atomic mass is 9.79. The van der Waals surface area contributed by atoms with Gasteiger partial charge in [0, 0.05) is 12.7 Å². The molecule has 4 N–H and O–H groups in total. The van der Waals surface area contributed by atoms with Crippen LogP contribution >= 0.6 is 0 Å². The van der Waals surface area contributed by atoms with Gasteiger partial charge in [-0.15, -0.1) is 0 Å². The van der Waals surface area contributed by atoms with Crippen molar-refractivity contribution in [2.75, 3.05) is 17.6 Å². The normalized spacial score (nSPS) is 28.9. The summed E-state index contributed by atoms with van der Waals surface area (Å²) in [6.45, 7) is 2.79. The molecular weight excluding hydrogens is 214 g/mol. The van der Waals surface area contributed by atoms with Crippen molar-refractivity contribution in [1.82, 2.24) is 4.98 Å². The highest BCUT2D eigenvalue weighted by Crippen LogP contribution is 2.32. The van der Waals surface area contributed by atoms with Gasteiger partial charge >= 0.3 is 0 Å². The van der Waals surface area contributed by atoms with Gasteiger partial charge < -0.3 is 16.2 Å². The molecule has 94 valence electrons. The van der Waals surface area contributed by atoms with Gasteiger partial charge in [0.05, 0.1) is 11.3 Å². The van der Waals surface area contributed by atoms with E-state index in [2.05, 4.69) is 17.2 Å². The Bertz CT molecular complexity index is 373. The van der Waals surface area contributed by atoms with Gasteiger partial charge in [0.1, 0.15) is 5.82 Å². The molecule has 1 aromatic rings. The van der Waals surface area contributed by atoms with Gasteiger partial charge in [-0.2, -0.15) is 0 Å². The number of hydrogen-bond donors (Lipinski definition) is 3. The Balaban J connectivity index is 1.92. The SMILES string of the molecule is CC1CCC(O)(CNc2cccnc2N)CC1. The van der Waals surface area contributed by atoms with Crippen LogP contribution in [0, 0.1) is 5.92 Å². The molecule has 1 aromatic heterocycles. The Morgan fingerprint density at radius 1 is 1.53 bits per heavy atom. The first-order valence-corrected chi connectivity index (χ1v) is 6.26. The zero-order chi connectivity index (χ0) is 12.3.